The molecule has 0 aliphatic carbocycles. The van der Waals surface area contributed by atoms with E-state index in [0.29, 0.717) is 0 Å². The summed E-state index contributed by atoms with van der Waals surface area (Å²) in [6, 6.07) is 44.9. The normalized spacial score (nSPS) is 15.6. The van der Waals surface area contributed by atoms with Gasteiger partial charge < -0.3 is 20.2 Å². The fraction of sp³-hybridized carbons (Fsp3) is 0.0526. The Bertz CT molecular complexity index is 2130. The molecule has 1 unspecified atom stereocenters. The summed E-state index contributed by atoms with van der Waals surface area (Å²) >= 11 is 0. The number of benzene rings is 5. The summed E-state index contributed by atoms with van der Waals surface area (Å²) in [7, 11) is 0. The van der Waals surface area contributed by atoms with E-state index >= 15 is 0 Å². The molecule has 8 rings (SSSR count). The summed E-state index contributed by atoms with van der Waals surface area (Å²) in [6.07, 6.45) is 8.07. The predicted octanol–water partition coefficient (Wildman–Crippen LogP) is 8.43. The summed E-state index contributed by atoms with van der Waals surface area (Å²) in [5.74, 6) is 0. The monoisotopic (exact) mass is 542 g/mol. The molecule has 0 saturated heterocycles. The Hall–Kier alpha value is -5.32. The van der Waals surface area contributed by atoms with Gasteiger partial charge in [-0.2, -0.15) is 0 Å². The molecule has 0 fully saturated rings. The van der Waals surface area contributed by atoms with Gasteiger partial charge in [0, 0.05) is 28.0 Å². The highest BCUT2D eigenvalue weighted by Crippen LogP contribution is 2.40. The molecule has 3 heterocycles. The minimum Gasteiger partial charge on any atom is -0.381 e. The molecule has 42 heavy (non-hydrogen) atoms. The van der Waals surface area contributed by atoms with Crippen LogP contribution in [0.1, 0.15) is 11.7 Å². The van der Waals surface area contributed by atoms with Crippen LogP contribution >= 0.6 is 0 Å². The molecule has 2 atom stereocenters. The van der Waals surface area contributed by atoms with Gasteiger partial charge in [-0.05, 0) is 64.9 Å². The standard InChI is InChI=1S/C38H30N4/c39-38(36-31(19-11-24-40-36)29-17-8-7-16-28(29)26-12-3-1-4-13-26)42-35-20-10-9-18-30(35)32-21-22-34-33(37(32)42)23-25-41(34)27-14-5-2-6-15-27/h1-25,36,38,40H,39H2/t36?,38-/m0/s1. The van der Waals surface area contributed by atoms with Crippen molar-refractivity contribution in [2.75, 3.05) is 0 Å². The Kier molecular flexibility index (Phi) is 5.80. The quantitative estimate of drug-likeness (QED) is 0.229. The van der Waals surface area contributed by atoms with Crippen molar-refractivity contribution in [2.24, 2.45) is 5.73 Å². The molecule has 1 aliphatic rings. The van der Waals surface area contributed by atoms with Crippen molar-refractivity contribution in [1.82, 2.24) is 14.5 Å². The first-order valence-electron chi connectivity index (χ1n) is 14.4. The van der Waals surface area contributed by atoms with E-state index in [4.69, 9.17) is 5.73 Å². The van der Waals surface area contributed by atoms with Crippen molar-refractivity contribution in [3.8, 4) is 16.8 Å². The van der Waals surface area contributed by atoms with E-state index in [1.54, 1.807) is 0 Å². The van der Waals surface area contributed by atoms with Gasteiger partial charge in [0.1, 0.15) is 6.17 Å². The van der Waals surface area contributed by atoms with Crippen LogP contribution in [-0.2, 0) is 0 Å². The van der Waals surface area contributed by atoms with Gasteiger partial charge >= 0.3 is 0 Å². The molecule has 7 aromatic rings. The van der Waals surface area contributed by atoms with Crippen LogP contribution in [0.25, 0.3) is 55.1 Å². The molecule has 0 saturated carbocycles. The number of nitrogens with zero attached hydrogens (tertiary/aromatic N) is 2. The molecule has 5 aromatic carbocycles. The van der Waals surface area contributed by atoms with Crippen molar-refractivity contribution in [2.45, 2.75) is 12.2 Å². The number of allylic oxidation sites excluding steroid dienone is 2. The minimum atomic E-state index is -0.377. The lowest BCUT2D eigenvalue weighted by atomic mass is 9.88. The van der Waals surface area contributed by atoms with E-state index < -0.39 is 0 Å². The number of fused-ring (bicyclic) bond motifs is 5. The van der Waals surface area contributed by atoms with E-state index in [0.717, 1.165) is 22.2 Å². The Morgan fingerprint density at radius 3 is 2.17 bits per heavy atom. The first-order valence-corrected chi connectivity index (χ1v) is 14.4. The Morgan fingerprint density at radius 2 is 1.33 bits per heavy atom. The lowest BCUT2D eigenvalue weighted by molar-refractivity contribution is 0.466. The largest absolute Gasteiger partial charge is 0.381 e. The van der Waals surface area contributed by atoms with E-state index in [-0.39, 0.29) is 12.2 Å². The Labute approximate surface area is 244 Å². The number of hydrogen-bond acceptors (Lipinski definition) is 2. The smallest absolute Gasteiger partial charge is 0.107 e. The first kappa shape index (κ1) is 24.5. The molecule has 1 aliphatic heterocycles. The molecular weight excluding hydrogens is 512 g/mol. The van der Waals surface area contributed by atoms with Gasteiger partial charge in [-0.25, -0.2) is 0 Å². The molecule has 4 nitrogen and oxygen atoms in total. The maximum absolute atomic E-state index is 7.39. The third-order valence-electron chi connectivity index (χ3n) is 8.52. The maximum Gasteiger partial charge on any atom is 0.107 e. The van der Waals surface area contributed by atoms with E-state index in [2.05, 4.69) is 160 Å². The second kappa shape index (κ2) is 9.95. The summed E-state index contributed by atoms with van der Waals surface area (Å²) in [5, 5.41) is 7.24. The Morgan fingerprint density at radius 1 is 0.619 bits per heavy atom. The van der Waals surface area contributed by atoms with Crippen molar-refractivity contribution in [1.29, 1.82) is 0 Å². The number of rotatable bonds is 5. The van der Waals surface area contributed by atoms with Gasteiger partial charge in [0.15, 0.2) is 0 Å². The maximum atomic E-state index is 7.39. The number of dihydropyridines is 1. The average molecular weight is 543 g/mol. The van der Waals surface area contributed by atoms with Crippen LogP contribution in [0.4, 0.5) is 0 Å². The van der Waals surface area contributed by atoms with Crippen LogP contribution < -0.4 is 11.1 Å². The highest BCUT2D eigenvalue weighted by Gasteiger charge is 2.29. The number of aromatic nitrogens is 2. The number of para-hydroxylation sites is 2. The minimum absolute atomic E-state index is 0.148. The zero-order valence-corrected chi connectivity index (χ0v) is 23.1. The van der Waals surface area contributed by atoms with E-state index in [1.807, 2.05) is 6.20 Å². The number of nitrogens with two attached hydrogens (primary N) is 1. The SMILES string of the molecule is N[C@H](C1NC=CC=C1c1ccccc1-c1ccccc1)n1c2ccccc2c2ccc3c(ccn3-c3ccccc3)c21. The van der Waals surface area contributed by atoms with E-state index in [1.165, 1.54) is 38.4 Å². The van der Waals surface area contributed by atoms with Crippen molar-refractivity contribution < 1.29 is 0 Å². The second-order valence-corrected chi connectivity index (χ2v) is 10.8. The van der Waals surface area contributed by atoms with Crippen LogP contribution in [0.5, 0.6) is 0 Å². The fourth-order valence-corrected chi connectivity index (χ4v) is 6.63. The molecular formula is C38H30N4. The summed E-state index contributed by atoms with van der Waals surface area (Å²) in [6.45, 7) is 0. The fourth-order valence-electron chi connectivity index (χ4n) is 6.63. The van der Waals surface area contributed by atoms with Crippen LogP contribution in [0.3, 0.4) is 0 Å². The topological polar surface area (TPSA) is 47.9 Å². The van der Waals surface area contributed by atoms with Crippen LogP contribution in [0, 0.1) is 0 Å². The summed E-state index contributed by atoms with van der Waals surface area (Å²) in [4.78, 5) is 0. The van der Waals surface area contributed by atoms with Gasteiger partial charge in [-0.15, -0.1) is 0 Å². The predicted molar refractivity (Wildman–Crippen MR) is 175 cm³/mol. The van der Waals surface area contributed by atoms with Crippen LogP contribution in [0.15, 0.2) is 152 Å². The number of nitrogens with one attached hydrogen (secondary N) is 1. The van der Waals surface area contributed by atoms with Crippen LogP contribution in [-0.4, -0.2) is 15.2 Å². The number of hydrogen-bond donors (Lipinski definition) is 2. The molecule has 202 valence electrons. The summed E-state index contributed by atoms with van der Waals surface area (Å²) < 4.78 is 4.60. The average Bonchev–Trinajstić information content (AvgIpc) is 3.65. The summed E-state index contributed by atoms with van der Waals surface area (Å²) in [5.41, 5.74) is 16.7. The zero-order chi connectivity index (χ0) is 28.0. The highest BCUT2D eigenvalue weighted by atomic mass is 15.2. The molecule has 0 amide bonds. The third kappa shape index (κ3) is 3.80. The van der Waals surface area contributed by atoms with Gasteiger partial charge in [0.05, 0.1) is 22.6 Å². The van der Waals surface area contributed by atoms with Gasteiger partial charge in [-0.1, -0.05) is 103 Å². The second-order valence-electron chi connectivity index (χ2n) is 10.8. The van der Waals surface area contributed by atoms with Gasteiger partial charge in [0.25, 0.3) is 0 Å². The molecule has 3 N–H and O–H groups in total. The molecule has 0 spiro atoms. The van der Waals surface area contributed by atoms with Crippen molar-refractivity contribution >= 4 is 38.3 Å². The molecule has 4 heteroatoms. The van der Waals surface area contributed by atoms with Crippen molar-refractivity contribution in [3.05, 3.63) is 158 Å². The lowest BCUT2D eigenvalue weighted by Crippen LogP contribution is -2.41. The zero-order valence-electron chi connectivity index (χ0n) is 23.1. The first-order chi connectivity index (χ1) is 20.8. The highest BCUT2D eigenvalue weighted by molar-refractivity contribution is 6.17. The molecule has 0 radical (unpaired) electrons. The van der Waals surface area contributed by atoms with Crippen molar-refractivity contribution in [3.63, 3.8) is 0 Å². The Balaban J connectivity index is 1.33. The van der Waals surface area contributed by atoms with Crippen LogP contribution in [0.2, 0.25) is 0 Å². The lowest BCUT2D eigenvalue weighted by Gasteiger charge is -2.32. The third-order valence-corrected chi connectivity index (χ3v) is 8.52. The van der Waals surface area contributed by atoms with Gasteiger partial charge in [0.2, 0.25) is 0 Å². The molecule has 0 bridgehead atoms. The van der Waals surface area contributed by atoms with Gasteiger partial charge in [-0.3, -0.25) is 0 Å². The molecule has 2 aromatic heterocycles. The van der Waals surface area contributed by atoms with E-state index in [9.17, 15) is 0 Å².